The number of aryl methyl sites for hydroxylation is 2. The van der Waals surface area contributed by atoms with Crippen molar-refractivity contribution in [1.29, 1.82) is 0 Å². The van der Waals surface area contributed by atoms with Crippen LogP contribution in [-0.2, 0) is 9.53 Å². The molecule has 1 aliphatic heterocycles. The second-order valence-corrected chi connectivity index (χ2v) is 6.75. The van der Waals surface area contributed by atoms with Crippen molar-refractivity contribution in [2.45, 2.75) is 13.8 Å². The van der Waals surface area contributed by atoms with Crippen LogP contribution in [-0.4, -0.2) is 38.8 Å². The molecule has 6 heteroatoms. The summed E-state index contributed by atoms with van der Waals surface area (Å²) in [5, 5.41) is 3.53. The number of hydrogen-bond donors (Lipinski definition) is 1. The van der Waals surface area contributed by atoms with Crippen LogP contribution in [0.4, 0.5) is 11.4 Å². The van der Waals surface area contributed by atoms with E-state index in [2.05, 4.69) is 10.2 Å². The Morgan fingerprint density at radius 1 is 1.23 bits per heavy atom. The molecule has 3 rings (SSSR count). The summed E-state index contributed by atoms with van der Waals surface area (Å²) in [6, 6.07) is 11.4. The highest BCUT2D eigenvalue weighted by atomic mass is 35.5. The van der Waals surface area contributed by atoms with Gasteiger partial charge in [0.15, 0.2) is 6.61 Å². The highest BCUT2D eigenvalue weighted by molar-refractivity contribution is 6.34. The monoisotopic (exact) mass is 374 g/mol. The molecule has 2 aromatic carbocycles. The highest BCUT2D eigenvalue weighted by Gasteiger charge is 2.19. The fourth-order valence-corrected chi connectivity index (χ4v) is 3.31. The summed E-state index contributed by atoms with van der Waals surface area (Å²) < 4.78 is 11.1. The van der Waals surface area contributed by atoms with Crippen LogP contribution in [0.3, 0.4) is 0 Å². The van der Waals surface area contributed by atoms with E-state index in [9.17, 15) is 4.79 Å². The first kappa shape index (κ1) is 18.5. The number of rotatable bonds is 5. The number of halogens is 1. The van der Waals surface area contributed by atoms with E-state index in [4.69, 9.17) is 21.1 Å². The van der Waals surface area contributed by atoms with E-state index < -0.39 is 0 Å². The molecule has 138 valence electrons. The lowest BCUT2D eigenvalue weighted by Crippen LogP contribution is -2.37. The van der Waals surface area contributed by atoms with Crippen molar-refractivity contribution in [1.82, 2.24) is 0 Å². The Balaban J connectivity index is 1.68. The number of para-hydroxylation sites is 1. The van der Waals surface area contributed by atoms with Gasteiger partial charge < -0.3 is 19.7 Å². The summed E-state index contributed by atoms with van der Waals surface area (Å²) >= 11 is 6.39. The lowest BCUT2D eigenvalue weighted by molar-refractivity contribution is -0.118. The number of anilines is 2. The topological polar surface area (TPSA) is 50.8 Å². The Labute approximate surface area is 158 Å². The molecule has 1 N–H and O–H groups in total. The number of carbonyl (C=O) groups excluding carboxylic acids is 1. The van der Waals surface area contributed by atoms with Crippen LogP contribution in [0.15, 0.2) is 36.4 Å². The summed E-state index contributed by atoms with van der Waals surface area (Å²) in [6.45, 7) is 6.71. The molecule has 5 nitrogen and oxygen atoms in total. The van der Waals surface area contributed by atoms with E-state index in [1.54, 1.807) is 0 Å². The van der Waals surface area contributed by atoms with Gasteiger partial charge in [0.25, 0.3) is 5.91 Å². The van der Waals surface area contributed by atoms with Gasteiger partial charge in [0.05, 0.1) is 29.6 Å². The predicted molar refractivity (Wildman–Crippen MR) is 105 cm³/mol. The Bertz CT molecular complexity index is 789. The Morgan fingerprint density at radius 3 is 2.73 bits per heavy atom. The molecule has 0 saturated carbocycles. The number of morpholine rings is 1. The summed E-state index contributed by atoms with van der Waals surface area (Å²) in [5.74, 6) is 0.493. The molecule has 0 unspecified atom stereocenters. The number of carbonyl (C=O) groups is 1. The van der Waals surface area contributed by atoms with Crippen LogP contribution in [0.25, 0.3) is 0 Å². The van der Waals surface area contributed by atoms with Crippen molar-refractivity contribution in [3.63, 3.8) is 0 Å². The maximum absolute atomic E-state index is 12.4. The van der Waals surface area contributed by atoms with Crippen molar-refractivity contribution >= 4 is 28.9 Å². The van der Waals surface area contributed by atoms with Crippen LogP contribution in [0, 0.1) is 13.8 Å². The fourth-order valence-electron chi connectivity index (χ4n) is 3.02. The zero-order valence-electron chi connectivity index (χ0n) is 15.0. The van der Waals surface area contributed by atoms with E-state index >= 15 is 0 Å². The van der Waals surface area contributed by atoms with Gasteiger partial charge in [-0.25, -0.2) is 0 Å². The minimum atomic E-state index is -0.221. The molecule has 2 aromatic rings. The minimum Gasteiger partial charge on any atom is -0.483 e. The summed E-state index contributed by atoms with van der Waals surface area (Å²) in [6.07, 6.45) is 0. The van der Waals surface area contributed by atoms with Gasteiger partial charge in [-0.1, -0.05) is 35.4 Å². The third-order valence-electron chi connectivity index (χ3n) is 4.28. The summed E-state index contributed by atoms with van der Waals surface area (Å²) in [5.41, 5.74) is 3.69. The van der Waals surface area contributed by atoms with E-state index in [1.807, 2.05) is 50.2 Å². The number of benzene rings is 2. The second-order valence-electron chi connectivity index (χ2n) is 6.34. The molecule has 0 spiro atoms. The molecule has 1 saturated heterocycles. The molecule has 26 heavy (non-hydrogen) atoms. The lowest BCUT2D eigenvalue weighted by Gasteiger charge is -2.31. The average molecular weight is 375 g/mol. The molecule has 0 bridgehead atoms. The van der Waals surface area contributed by atoms with Crippen LogP contribution in [0.5, 0.6) is 5.75 Å². The van der Waals surface area contributed by atoms with E-state index in [0.29, 0.717) is 29.7 Å². The Hall–Kier alpha value is -2.24. The molecule has 1 heterocycles. The van der Waals surface area contributed by atoms with Gasteiger partial charge in [0.1, 0.15) is 5.75 Å². The van der Waals surface area contributed by atoms with E-state index in [0.717, 1.165) is 29.9 Å². The van der Waals surface area contributed by atoms with Gasteiger partial charge in [-0.15, -0.1) is 0 Å². The number of nitrogens with one attached hydrogen (secondary N) is 1. The summed E-state index contributed by atoms with van der Waals surface area (Å²) in [4.78, 5) is 14.5. The SMILES string of the molecule is Cc1ccc(OCC(=O)Nc2cccc(Cl)c2N2CCOCC2)c(C)c1. The number of ether oxygens (including phenoxy) is 2. The zero-order valence-corrected chi connectivity index (χ0v) is 15.8. The molecule has 1 aliphatic rings. The first-order chi connectivity index (χ1) is 12.5. The highest BCUT2D eigenvalue weighted by Crippen LogP contribution is 2.34. The molecule has 0 aromatic heterocycles. The third kappa shape index (κ3) is 4.48. The van der Waals surface area contributed by atoms with Crippen molar-refractivity contribution < 1.29 is 14.3 Å². The number of hydrogen-bond acceptors (Lipinski definition) is 4. The van der Waals surface area contributed by atoms with E-state index in [1.165, 1.54) is 0 Å². The second kappa shape index (κ2) is 8.43. The summed E-state index contributed by atoms with van der Waals surface area (Å²) in [7, 11) is 0. The first-order valence-electron chi connectivity index (χ1n) is 8.65. The van der Waals surface area contributed by atoms with E-state index in [-0.39, 0.29) is 12.5 Å². The maximum Gasteiger partial charge on any atom is 0.262 e. The van der Waals surface area contributed by atoms with Crippen molar-refractivity contribution in [2.75, 3.05) is 43.1 Å². The number of amides is 1. The molecule has 0 radical (unpaired) electrons. The van der Waals surface area contributed by atoms with Gasteiger partial charge in [0.2, 0.25) is 0 Å². The van der Waals surface area contributed by atoms with Gasteiger partial charge >= 0.3 is 0 Å². The largest absolute Gasteiger partial charge is 0.483 e. The van der Waals surface area contributed by atoms with Crippen LogP contribution in [0.2, 0.25) is 5.02 Å². The lowest BCUT2D eigenvalue weighted by atomic mass is 10.1. The molecular formula is C20H23ClN2O3. The maximum atomic E-state index is 12.4. The molecule has 0 atom stereocenters. The first-order valence-corrected chi connectivity index (χ1v) is 9.03. The molecule has 0 aliphatic carbocycles. The van der Waals surface area contributed by atoms with Crippen molar-refractivity contribution in [3.05, 3.63) is 52.5 Å². The van der Waals surface area contributed by atoms with Crippen molar-refractivity contribution in [2.24, 2.45) is 0 Å². The molecule has 1 fully saturated rings. The molecule has 1 amide bonds. The smallest absolute Gasteiger partial charge is 0.262 e. The fraction of sp³-hybridized carbons (Fsp3) is 0.350. The third-order valence-corrected chi connectivity index (χ3v) is 4.58. The van der Waals surface area contributed by atoms with Crippen LogP contribution in [0.1, 0.15) is 11.1 Å². The number of nitrogens with zero attached hydrogens (tertiary/aromatic N) is 1. The molecular weight excluding hydrogens is 352 g/mol. The Morgan fingerprint density at radius 2 is 2.00 bits per heavy atom. The van der Waals surface area contributed by atoms with Gasteiger partial charge in [-0.05, 0) is 37.6 Å². The predicted octanol–water partition coefficient (Wildman–Crippen LogP) is 3.81. The minimum absolute atomic E-state index is 0.0566. The van der Waals surface area contributed by atoms with Crippen LogP contribution < -0.4 is 15.0 Å². The van der Waals surface area contributed by atoms with Crippen molar-refractivity contribution in [3.8, 4) is 5.75 Å². The van der Waals surface area contributed by atoms with Gasteiger partial charge in [-0.3, -0.25) is 4.79 Å². The standard InChI is InChI=1S/C20H23ClN2O3/c1-14-6-7-18(15(2)12-14)26-13-19(24)22-17-5-3-4-16(21)20(17)23-8-10-25-11-9-23/h3-7,12H,8-11,13H2,1-2H3,(H,22,24). The van der Waals surface area contributed by atoms with Crippen LogP contribution >= 0.6 is 11.6 Å². The van der Waals surface area contributed by atoms with Gasteiger partial charge in [-0.2, -0.15) is 0 Å². The van der Waals surface area contributed by atoms with Gasteiger partial charge in [0, 0.05) is 13.1 Å². The normalized spacial score (nSPS) is 14.2. The zero-order chi connectivity index (χ0) is 18.5. The quantitative estimate of drug-likeness (QED) is 0.864. The average Bonchev–Trinajstić information content (AvgIpc) is 2.62. The Kier molecular flexibility index (Phi) is 6.01.